The summed E-state index contributed by atoms with van der Waals surface area (Å²) in [5, 5.41) is 3.21. The second-order valence-electron chi connectivity index (χ2n) is 7.37. The first kappa shape index (κ1) is 18.2. The SMILES string of the molecule is Cc1cccc(NCC(=O)N(C2CCCCC2)[C@H]2CCS(=O)(=O)C2)c1. The Morgan fingerprint density at radius 3 is 2.56 bits per heavy atom. The number of hydrogen-bond acceptors (Lipinski definition) is 4. The lowest BCUT2D eigenvalue weighted by molar-refractivity contribution is -0.134. The van der Waals surface area contributed by atoms with Gasteiger partial charge in [0.05, 0.1) is 18.1 Å². The summed E-state index contributed by atoms with van der Waals surface area (Å²) in [5.74, 6) is 0.356. The summed E-state index contributed by atoms with van der Waals surface area (Å²) < 4.78 is 23.8. The number of carbonyl (C=O) groups is 1. The van der Waals surface area contributed by atoms with Gasteiger partial charge in [-0.3, -0.25) is 4.79 Å². The van der Waals surface area contributed by atoms with Gasteiger partial charge in [0.1, 0.15) is 0 Å². The molecule has 1 amide bonds. The van der Waals surface area contributed by atoms with Crippen molar-refractivity contribution in [3.63, 3.8) is 0 Å². The van der Waals surface area contributed by atoms with Crippen molar-refractivity contribution in [1.29, 1.82) is 0 Å². The molecule has 0 spiro atoms. The molecule has 1 heterocycles. The van der Waals surface area contributed by atoms with Crippen LogP contribution in [-0.4, -0.2) is 49.4 Å². The molecule has 6 heteroatoms. The van der Waals surface area contributed by atoms with Crippen LogP contribution in [0.4, 0.5) is 5.69 Å². The topological polar surface area (TPSA) is 66.5 Å². The lowest BCUT2D eigenvalue weighted by Gasteiger charge is -2.38. The summed E-state index contributed by atoms with van der Waals surface area (Å²) in [5.41, 5.74) is 2.07. The highest BCUT2D eigenvalue weighted by molar-refractivity contribution is 7.91. The molecule has 3 rings (SSSR count). The standard InChI is InChI=1S/C19H28N2O3S/c1-15-6-5-7-16(12-15)20-13-19(22)21(17-8-3-2-4-9-17)18-10-11-25(23,24)14-18/h5-7,12,17-18,20H,2-4,8-11,13-14H2,1H3/t18-/m0/s1. The van der Waals surface area contributed by atoms with Crippen molar-refractivity contribution in [2.24, 2.45) is 0 Å². The Bertz CT molecular complexity index is 711. The van der Waals surface area contributed by atoms with Crippen molar-refractivity contribution in [2.45, 2.75) is 57.5 Å². The number of aryl methyl sites for hydroxylation is 1. The van der Waals surface area contributed by atoms with E-state index in [1.807, 2.05) is 36.1 Å². The number of amides is 1. The third-order valence-electron chi connectivity index (χ3n) is 5.32. The molecule has 1 saturated heterocycles. The lowest BCUT2D eigenvalue weighted by atomic mass is 9.93. The monoisotopic (exact) mass is 364 g/mol. The molecule has 1 atom stereocenters. The average Bonchev–Trinajstić information content (AvgIpc) is 2.94. The minimum absolute atomic E-state index is 0.0236. The zero-order valence-corrected chi connectivity index (χ0v) is 15.7. The van der Waals surface area contributed by atoms with Gasteiger partial charge in [0, 0.05) is 17.8 Å². The van der Waals surface area contributed by atoms with Crippen LogP contribution in [-0.2, 0) is 14.6 Å². The van der Waals surface area contributed by atoms with Gasteiger partial charge in [0.15, 0.2) is 9.84 Å². The highest BCUT2D eigenvalue weighted by Gasteiger charge is 2.38. The number of anilines is 1. The van der Waals surface area contributed by atoms with Crippen molar-refractivity contribution < 1.29 is 13.2 Å². The molecule has 5 nitrogen and oxygen atoms in total. The maximum absolute atomic E-state index is 13.0. The average molecular weight is 365 g/mol. The zero-order chi connectivity index (χ0) is 17.9. The van der Waals surface area contributed by atoms with Crippen LogP contribution in [0.15, 0.2) is 24.3 Å². The number of hydrogen-bond donors (Lipinski definition) is 1. The Balaban J connectivity index is 1.70. The molecule has 0 radical (unpaired) electrons. The van der Waals surface area contributed by atoms with E-state index in [9.17, 15) is 13.2 Å². The largest absolute Gasteiger partial charge is 0.376 e. The fourth-order valence-electron chi connectivity index (χ4n) is 4.08. The first-order valence-electron chi connectivity index (χ1n) is 9.27. The van der Waals surface area contributed by atoms with E-state index in [1.54, 1.807) is 0 Å². The second-order valence-corrected chi connectivity index (χ2v) is 9.60. The van der Waals surface area contributed by atoms with E-state index in [0.717, 1.165) is 36.9 Å². The Labute approximate surface area is 150 Å². The fourth-order valence-corrected chi connectivity index (χ4v) is 5.79. The molecular weight excluding hydrogens is 336 g/mol. The molecule has 0 unspecified atom stereocenters. The molecule has 2 aliphatic rings. The number of benzene rings is 1. The number of rotatable bonds is 5. The maximum atomic E-state index is 13.0. The number of nitrogens with one attached hydrogen (secondary N) is 1. The molecule has 0 aromatic heterocycles. The van der Waals surface area contributed by atoms with E-state index in [-0.39, 0.29) is 36.0 Å². The highest BCUT2D eigenvalue weighted by atomic mass is 32.2. The third-order valence-corrected chi connectivity index (χ3v) is 7.07. The summed E-state index contributed by atoms with van der Waals surface area (Å²) in [7, 11) is -3.00. The minimum Gasteiger partial charge on any atom is -0.376 e. The minimum atomic E-state index is -3.00. The predicted molar refractivity (Wildman–Crippen MR) is 100 cm³/mol. The van der Waals surface area contributed by atoms with Crippen molar-refractivity contribution in [1.82, 2.24) is 4.90 Å². The molecule has 138 valence electrons. The quantitative estimate of drug-likeness (QED) is 0.872. The van der Waals surface area contributed by atoms with Gasteiger partial charge < -0.3 is 10.2 Å². The molecule has 0 bridgehead atoms. The summed E-state index contributed by atoms with van der Waals surface area (Å²) in [4.78, 5) is 14.9. The molecule has 1 aliphatic heterocycles. The molecule has 1 aliphatic carbocycles. The molecule has 1 N–H and O–H groups in total. The van der Waals surface area contributed by atoms with E-state index in [0.29, 0.717) is 6.42 Å². The molecule has 1 aromatic rings. The van der Waals surface area contributed by atoms with Crippen LogP contribution in [0.25, 0.3) is 0 Å². The number of carbonyl (C=O) groups excluding carboxylic acids is 1. The van der Waals surface area contributed by atoms with Gasteiger partial charge in [-0.15, -0.1) is 0 Å². The molecule has 2 fully saturated rings. The molecule has 25 heavy (non-hydrogen) atoms. The summed E-state index contributed by atoms with van der Waals surface area (Å²) in [6.45, 7) is 2.24. The summed E-state index contributed by atoms with van der Waals surface area (Å²) in [6.07, 6.45) is 6.02. The second kappa shape index (κ2) is 7.77. The van der Waals surface area contributed by atoms with Crippen LogP contribution < -0.4 is 5.32 Å². The van der Waals surface area contributed by atoms with Crippen LogP contribution in [0.3, 0.4) is 0 Å². The van der Waals surface area contributed by atoms with Crippen LogP contribution >= 0.6 is 0 Å². The van der Waals surface area contributed by atoms with Crippen molar-refractivity contribution in [3.8, 4) is 0 Å². The van der Waals surface area contributed by atoms with Crippen LogP contribution in [0.5, 0.6) is 0 Å². The van der Waals surface area contributed by atoms with Crippen LogP contribution in [0, 0.1) is 6.92 Å². The van der Waals surface area contributed by atoms with Gasteiger partial charge in [0.25, 0.3) is 0 Å². The summed E-state index contributed by atoms with van der Waals surface area (Å²) >= 11 is 0. The van der Waals surface area contributed by atoms with Gasteiger partial charge >= 0.3 is 0 Å². The predicted octanol–water partition coefficient (Wildman–Crippen LogP) is 2.76. The number of nitrogens with zero attached hydrogens (tertiary/aromatic N) is 1. The van der Waals surface area contributed by atoms with E-state index < -0.39 is 9.84 Å². The van der Waals surface area contributed by atoms with Crippen molar-refractivity contribution >= 4 is 21.4 Å². The maximum Gasteiger partial charge on any atom is 0.242 e. The van der Waals surface area contributed by atoms with Crippen molar-refractivity contribution in [2.75, 3.05) is 23.4 Å². The smallest absolute Gasteiger partial charge is 0.242 e. The highest BCUT2D eigenvalue weighted by Crippen LogP contribution is 2.28. The van der Waals surface area contributed by atoms with Crippen molar-refractivity contribution in [3.05, 3.63) is 29.8 Å². The fraction of sp³-hybridized carbons (Fsp3) is 0.632. The Morgan fingerprint density at radius 1 is 1.16 bits per heavy atom. The van der Waals surface area contributed by atoms with Gasteiger partial charge in [-0.2, -0.15) is 0 Å². The Morgan fingerprint density at radius 2 is 1.92 bits per heavy atom. The van der Waals surface area contributed by atoms with E-state index >= 15 is 0 Å². The van der Waals surface area contributed by atoms with E-state index in [2.05, 4.69) is 5.32 Å². The van der Waals surface area contributed by atoms with Crippen LogP contribution in [0.2, 0.25) is 0 Å². The van der Waals surface area contributed by atoms with Gasteiger partial charge in [-0.1, -0.05) is 31.4 Å². The van der Waals surface area contributed by atoms with Crippen LogP contribution in [0.1, 0.15) is 44.1 Å². The first-order chi connectivity index (χ1) is 11.9. The van der Waals surface area contributed by atoms with Gasteiger partial charge in [-0.25, -0.2) is 8.42 Å². The third kappa shape index (κ3) is 4.75. The molecule has 1 aromatic carbocycles. The first-order valence-corrected chi connectivity index (χ1v) is 11.1. The zero-order valence-electron chi connectivity index (χ0n) is 14.9. The van der Waals surface area contributed by atoms with Gasteiger partial charge in [-0.05, 0) is 43.9 Å². The van der Waals surface area contributed by atoms with E-state index in [1.165, 1.54) is 6.42 Å². The lowest BCUT2D eigenvalue weighted by Crippen LogP contribution is -2.50. The Kier molecular flexibility index (Phi) is 5.67. The molecule has 1 saturated carbocycles. The number of sulfone groups is 1. The van der Waals surface area contributed by atoms with Gasteiger partial charge in [0.2, 0.25) is 5.91 Å². The normalized spacial score (nSPS) is 23.3. The Hall–Kier alpha value is -1.56. The van der Waals surface area contributed by atoms with E-state index in [4.69, 9.17) is 0 Å². The molecular formula is C19H28N2O3S. The summed E-state index contributed by atoms with van der Waals surface area (Å²) in [6, 6.07) is 7.98.